The van der Waals surface area contributed by atoms with Gasteiger partial charge in [0.2, 0.25) is 5.95 Å². The molecule has 0 aliphatic rings. The molecule has 10 heteroatoms. The predicted molar refractivity (Wildman–Crippen MR) is 218 cm³/mol. The van der Waals surface area contributed by atoms with E-state index in [2.05, 4.69) is 90.1 Å². The fraction of sp³-hybridized carbons (Fsp3) is 0.178. The molecule has 7 rings (SSSR count). The lowest BCUT2D eigenvalue weighted by molar-refractivity contribution is -0.385. The monoisotopic (exact) mass is 745 g/mol. The molecule has 284 valence electrons. The molecular formula is C45H46F3N5O2. The fourth-order valence-corrected chi connectivity index (χ4v) is 5.96. The van der Waals surface area contributed by atoms with Crippen molar-refractivity contribution in [2.24, 2.45) is 0 Å². The molecular weight excluding hydrogens is 700 g/mol. The van der Waals surface area contributed by atoms with E-state index >= 15 is 0 Å². The first-order valence-corrected chi connectivity index (χ1v) is 17.8. The number of halogens is 3. The Labute approximate surface area is 320 Å². The van der Waals surface area contributed by atoms with Gasteiger partial charge >= 0.3 is 6.68 Å². The van der Waals surface area contributed by atoms with Crippen LogP contribution in [0.5, 0.6) is 0 Å². The summed E-state index contributed by atoms with van der Waals surface area (Å²) < 4.78 is 31.1. The summed E-state index contributed by atoms with van der Waals surface area (Å²) in [4.78, 5) is 15.0. The minimum atomic E-state index is -3.67. The van der Waals surface area contributed by atoms with E-state index in [4.69, 9.17) is 11.5 Å². The number of nitro groups is 1. The molecule has 0 aliphatic carbocycles. The summed E-state index contributed by atoms with van der Waals surface area (Å²) in [6.07, 6.45) is 3.59. The fourth-order valence-electron chi connectivity index (χ4n) is 5.96. The highest BCUT2D eigenvalue weighted by atomic mass is 19.4. The first-order chi connectivity index (χ1) is 26.5. The molecule has 0 spiro atoms. The molecule has 0 unspecified atom stereocenters. The Kier molecular flexibility index (Phi) is 16.0. The topological polar surface area (TPSA) is 113 Å². The molecule has 0 amide bonds. The summed E-state index contributed by atoms with van der Waals surface area (Å²) in [6, 6.07) is 50.0. The third-order valence-electron chi connectivity index (χ3n) is 8.97. The van der Waals surface area contributed by atoms with Crippen LogP contribution in [0.4, 0.5) is 30.5 Å². The van der Waals surface area contributed by atoms with E-state index in [1.807, 2.05) is 72.8 Å². The van der Waals surface area contributed by atoms with Crippen LogP contribution < -0.4 is 11.5 Å². The van der Waals surface area contributed by atoms with E-state index in [0.29, 0.717) is 12.4 Å². The Hall–Kier alpha value is -6.42. The average Bonchev–Trinajstić information content (AvgIpc) is 3.50. The maximum Gasteiger partial charge on any atom is 0.379 e. The van der Waals surface area contributed by atoms with Crippen LogP contribution in [0, 0.1) is 24.0 Å². The van der Waals surface area contributed by atoms with Gasteiger partial charge in [-0.15, -0.1) is 0 Å². The van der Waals surface area contributed by atoms with Crippen molar-refractivity contribution in [2.75, 3.05) is 11.5 Å². The van der Waals surface area contributed by atoms with Crippen LogP contribution >= 0.6 is 0 Å². The molecule has 55 heavy (non-hydrogen) atoms. The van der Waals surface area contributed by atoms with Gasteiger partial charge in [-0.2, -0.15) is 13.2 Å². The number of fused-ring (bicyclic) bond motifs is 1. The number of rotatable bonds is 9. The number of imidazole rings is 1. The number of aromatic nitrogens is 2. The average molecular weight is 746 g/mol. The van der Waals surface area contributed by atoms with Crippen molar-refractivity contribution in [3.8, 4) is 0 Å². The lowest BCUT2D eigenvalue weighted by Gasteiger charge is -2.09. The summed E-state index contributed by atoms with van der Waals surface area (Å²) in [5, 5.41) is 10.9. The molecule has 0 atom stereocenters. The Morgan fingerprint density at radius 1 is 0.600 bits per heavy atom. The molecule has 0 radical (unpaired) electrons. The molecule has 0 fully saturated rings. The van der Waals surface area contributed by atoms with Crippen LogP contribution in [0.15, 0.2) is 152 Å². The van der Waals surface area contributed by atoms with E-state index in [0.717, 1.165) is 48.1 Å². The molecule has 7 nitrogen and oxygen atoms in total. The number of nitrogens with zero attached hydrogens (tertiary/aromatic N) is 3. The molecule has 1 heterocycles. The first kappa shape index (κ1) is 41.3. The normalized spacial score (nSPS) is 10.4. The van der Waals surface area contributed by atoms with E-state index in [9.17, 15) is 23.3 Å². The highest BCUT2D eigenvalue weighted by Crippen LogP contribution is 2.22. The zero-order valence-electron chi connectivity index (χ0n) is 31.0. The smallest absolute Gasteiger partial charge is 0.379 e. The lowest BCUT2D eigenvalue weighted by Crippen LogP contribution is -2.05. The number of anilines is 2. The van der Waals surface area contributed by atoms with E-state index in [-0.39, 0.29) is 10.6 Å². The number of nitro benzene ring substituents is 1. The largest absolute Gasteiger partial charge is 0.399 e. The number of benzene rings is 6. The Bertz CT molecular complexity index is 2240. The van der Waals surface area contributed by atoms with Gasteiger partial charge < -0.3 is 16.0 Å². The van der Waals surface area contributed by atoms with Crippen LogP contribution in [-0.2, 0) is 32.2 Å². The molecule has 1 aromatic heterocycles. The second-order valence-electron chi connectivity index (χ2n) is 12.7. The minimum absolute atomic E-state index is 0.214. The maximum atomic E-state index is 10.9. The molecule has 0 bridgehead atoms. The Balaban J connectivity index is 0.000000175. The summed E-state index contributed by atoms with van der Waals surface area (Å²) >= 11 is 0. The minimum Gasteiger partial charge on any atom is -0.399 e. The SMILES string of the molecule is Cc1ccccc1CCc1ccccc1[N+](=O)[O-].Cc1ccccc1Cn1c(N)nc2ccccc21.FC(F)F.Nc1ccccc1CCc1ccccc1. The van der Waals surface area contributed by atoms with Crippen LogP contribution in [-0.4, -0.2) is 21.2 Å². The van der Waals surface area contributed by atoms with Crippen LogP contribution in [0.25, 0.3) is 11.0 Å². The zero-order valence-corrected chi connectivity index (χ0v) is 31.0. The van der Waals surface area contributed by atoms with Crippen molar-refractivity contribution in [2.45, 2.75) is 52.8 Å². The van der Waals surface area contributed by atoms with Crippen molar-refractivity contribution in [3.63, 3.8) is 0 Å². The standard InChI is InChI=1S/C15H15N3.C15H15NO2.C14H15N.CHF3/c1-11-6-2-3-7-12(11)10-18-14-9-5-4-8-13(14)17-15(18)16;1-12-6-2-3-7-13(12)10-11-14-8-4-5-9-15(14)16(17)18;15-14-9-5-4-8-13(14)11-10-12-6-2-1-3-7-12;2-1(3)4/h2-9H,10H2,1H3,(H2,16,17);2-9H,10-11H2,1H3;1-9H,10-11,15H2;1H. The molecule has 4 N–H and O–H groups in total. The quantitative estimate of drug-likeness (QED) is 0.0868. The van der Waals surface area contributed by atoms with Gasteiger partial charge in [-0.25, -0.2) is 4.98 Å². The number of nitrogens with two attached hydrogens (primary N) is 2. The van der Waals surface area contributed by atoms with Crippen molar-refractivity contribution < 1.29 is 18.1 Å². The maximum absolute atomic E-state index is 10.9. The number of nitrogen functional groups attached to an aromatic ring is 2. The second kappa shape index (κ2) is 21.3. The van der Waals surface area contributed by atoms with Crippen molar-refractivity contribution in [1.82, 2.24) is 9.55 Å². The van der Waals surface area contributed by atoms with Gasteiger partial charge in [-0.05, 0) is 91.1 Å². The van der Waals surface area contributed by atoms with Gasteiger partial charge in [0.05, 0.1) is 22.5 Å². The van der Waals surface area contributed by atoms with Crippen molar-refractivity contribution in [1.29, 1.82) is 0 Å². The molecule has 0 saturated carbocycles. The first-order valence-electron chi connectivity index (χ1n) is 17.8. The Morgan fingerprint density at radius 3 is 1.69 bits per heavy atom. The summed E-state index contributed by atoms with van der Waals surface area (Å²) in [5.74, 6) is 0.569. The summed E-state index contributed by atoms with van der Waals surface area (Å²) in [7, 11) is 0. The van der Waals surface area contributed by atoms with Gasteiger partial charge in [0.25, 0.3) is 5.69 Å². The predicted octanol–water partition coefficient (Wildman–Crippen LogP) is 10.9. The molecule has 6 aromatic carbocycles. The number of aryl methyl sites for hydroxylation is 6. The zero-order chi connectivity index (χ0) is 39.6. The molecule has 0 saturated heterocycles. The van der Waals surface area contributed by atoms with Gasteiger partial charge in [-0.3, -0.25) is 10.1 Å². The highest BCUT2D eigenvalue weighted by Gasteiger charge is 2.12. The van der Waals surface area contributed by atoms with E-state index in [1.54, 1.807) is 12.1 Å². The highest BCUT2D eigenvalue weighted by molar-refractivity contribution is 5.78. The molecule has 0 aliphatic heterocycles. The number of para-hydroxylation sites is 4. The van der Waals surface area contributed by atoms with E-state index < -0.39 is 6.68 Å². The lowest BCUT2D eigenvalue weighted by atomic mass is 10.00. The third-order valence-corrected chi connectivity index (χ3v) is 8.97. The van der Waals surface area contributed by atoms with Gasteiger partial charge in [-0.1, -0.05) is 127 Å². The summed E-state index contributed by atoms with van der Waals surface area (Å²) in [6.45, 7) is 1.28. The Morgan fingerprint density at radius 2 is 1.07 bits per heavy atom. The van der Waals surface area contributed by atoms with Crippen molar-refractivity contribution >= 4 is 28.4 Å². The van der Waals surface area contributed by atoms with Crippen LogP contribution in [0.2, 0.25) is 0 Å². The van der Waals surface area contributed by atoms with Gasteiger partial charge in [0.1, 0.15) is 0 Å². The van der Waals surface area contributed by atoms with Crippen LogP contribution in [0.1, 0.15) is 38.9 Å². The number of alkyl halides is 3. The van der Waals surface area contributed by atoms with Crippen LogP contribution in [0.3, 0.4) is 0 Å². The summed E-state index contributed by atoms with van der Waals surface area (Å²) in [5.41, 5.74) is 23.4. The number of hydrogen-bond donors (Lipinski definition) is 2. The third kappa shape index (κ3) is 13.2. The number of hydrogen-bond acceptors (Lipinski definition) is 5. The van der Waals surface area contributed by atoms with E-state index in [1.165, 1.54) is 33.4 Å². The van der Waals surface area contributed by atoms with Crippen molar-refractivity contribution in [3.05, 3.63) is 201 Å². The second-order valence-corrected chi connectivity index (χ2v) is 12.7. The van der Waals surface area contributed by atoms with Gasteiger partial charge in [0.15, 0.2) is 0 Å². The van der Waals surface area contributed by atoms with Gasteiger partial charge in [0, 0.05) is 17.3 Å². The molecule has 7 aromatic rings.